The zero-order chi connectivity index (χ0) is 28.2. The van der Waals surface area contributed by atoms with Crippen LogP contribution in [0.5, 0.6) is 5.75 Å². The minimum Gasteiger partial charge on any atom is -0.461 e. The molecule has 1 saturated carbocycles. The minimum absolute atomic E-state index is 0.169. The summed E-state index contributed by atoms with van der Waals surface area (Å²) in [6.07, 6.45) is 0.537. The summed E-state index contributed by atoms with van der Waals surface area (Å²) in [5.41, 5.74) is -4.10. The Labute approximate surface area is 224 Å². The average Bonchev–Trinajstić information content (AvgIpc) is 3.12. The number of nitrogens with one attached hydrogen (secondary N) is 2. The fourth-order valence-corrected chi connectivity index (χ4v) is 6.09. The standard InChI is InChI=1S/C25H33FN3O9P/c1-16(22(32)36-17-9-5-3-6-10-17)28-39(34,38-18-11-7-4-8-12-18)35-15-19-21(31)25(2,26)23(37-19)29-14-13-20(30)27-24(29)33/h4,7-8,11-14,16-17,19,21,23,31H,3,5-6,9-10,15H2,1-2H3,(H,28,34)(H,27,30,33)/t16-,19+,21+,23+,25-,39?/m0/s1. The quantitative estimate of drug-likeness (QED) is 0.287. The summed E-state index contributed by atoms with van der Waals surface area (Å²) in [5.74, 6) is -0.463. The van der Waals surface area contributed by atoms with Crippen molar-refractivity contribution in [1.29, 1.82) is 0 Å². The first-order valence-electron chi connectivity index (χ1n) is 12.8. The number of ether oxygens (including phenoxy) is 2. The van der Waals surface area contributed by atoms with E-state index in [1.165, 1.54) is 19.1 Å². The largest absolute Gasteiger partial charge is 0.461 e. The third kappa shape index (κ3) is 7.03. The Kier molecular flexibility index (Phi) is 9.07. The first-order valence-corrected chi connectivity index (χ1v) is 14.3. The summed E-state index contributed by atoms with van der Waals surface area (Å²) in [6, 6.07) is 7.99. The number of nitrogens with zero attached hydrogens (tertiary/aromatic N) is 1. The number of rotatable bonds is 10. The molecule has 2 heterocycles. The van der Waals surface area contributed by atoms with Crippen molar-refractivity contribution in [2.75, 3.05) is 6.61 Å². The highest BCUT2D eigenvalue weighted by molar-refractivity contribution is 7.52. The lowest BCUT2D eigenvalue weighted by molar-refractivity contribution is -0.152. The Morgan fingerprint density at radius 2 is 1.95 bits per heavy atom. The number of aliphatic hydroxyl groups excluding tert-OH is 1. The number of halogens is 1. The van der Waals surface area contributed by atoms with Gasteiger partial charge >= 0.3 is 19.4 Å². The number of aliphatic hydroxyl groups is 1. The smallest absolute Gasteiger partial charge is 0.459 e. The maximum Gasteiger partial charge on any atom is 0.459 e. The molecule has 0 spiro atoms. The lowest BCUT2D eigenvalue weighted by atomic mass is 9.98. The fraction of sp³-hybridized carbons (Fsp3) is 0.560. The molecule has 39 heavy (non-hydrogen) atoms. The Morgan fingerprint density at radius 3 is 2.62 bits per heavy atom. The van der Waals surface area contributed by atoms with Crippen LogP contribution in [0.2, 0.25) is 0 Å². The topological polar surface area (TPSA) is 158 Å². The Bertz CT molecular complexity index is 1300. The van der Waals surface area contributed by atoms with E-state index in [1.807, 2.05) is 4.98 Å². The molecule has 214 valence electrons. The highest BCUT2D eigenvalue weighted by atomic mass is 31.2. The van der Waals surface area contributed by atoms with Crippen LogP contribution in [-0.4, -0.2) is 57.3 Å². The molecular weight excluding hydrogens is 536 g/mol. The lowest BCUT2D eigenvalue weighted by Gasteiger charge is -2.27. The zero-order valence-corrected chi connectivity index (χ0v) is 22.6. The molecular formula is C25H33FN3O9P. The van der Waals surface area contributed by atoms with Gasteiger partial charge in [0.2, 0.25) is 0 Å². The molecule has 14 heteroatoms. The van der Waals surface area contributed by atoms with Gasteiger partial charge < -0.3 is 19.1 Å². The number of alkyl halides is 1. The second-order valence-corrected chi connectivity index (χ2v) is 11.6. The maximum absolute atomic E-state index is 15.5. The first-order chi connectivity index (χ1) is 18.5. The number of H-pyrrole nitrogens is 1. The van der Waals surface area contributed by atoms with Crippen LogP contribution < -0.4 is 20.9 Å². The van der Waals surface area contributed by atoms with Crippen LogP contribution in [0.15, 0.2) is 52.2 Å². The summed E-state index contributed by atoms with van der Waals surface area (Å²) in [5, 5.41) is 13.2. The van der Waals surface area contributed by atoms with Gasteiger partial charge in [0.1, 0.15) is 30.1 Å². The van der Waals surface area contributed by atoms with E-state index >= 15 is 4.39 Å². The normalized spacial score (nSPS) is 27.9. The molecule has 0 bridgehead atoms. The van der Waals surface area contributed by atoms with Crippen LogP contribution in [0.3, 0.4) is 0 Å². The van der Waals surface area contributed by atoms with Crippen molar-refractivity contribution in [3.05, 3.63) is 63.4 Å². The summed E-state index contributed by atoms with van der Waals surface area (Å²) in [7, 11) is -4.31. The summed E-state index contributed by atoms with van der Waals surface area (Å²) in [4.78, 5) is 38.3. The van der Waals surface area contributed by atoms with Crippen LogP contribution in [0.1, 0.15) is 52.2 Å². The highest BCUT2D eigenvalue weighted by Gasteiger charge is 2.56. The molecule has 1 aliphatic carbocycles. The van der Waals surface area contributed by atoms with Crippen molar-refractivity contribution >= 4 is 13.7 Å². The molecule has 2 fully saturated rings. The van der Waals surface area contributed by atoms with E-state index in [9.17, 15) is 24.1 Å². The number of hydrogen-bond donors (Lipinski definition) is 3. The van der Waals surface area contributed by atoms with E-state index in [1.54, 1.807) is 18.2 Å². The molecule has 4 rings (SSSR count). The van der Waals surface area contributed by atoms with Gasteiger partial charge in [-0.25, -0.2) is 13.8 Å². The number of benzene rings is 1. The van der Waals surface area contributed by atoms with E-state index in [0.29, 0.717) is 0 Å². The van der Waals surface area contributed by atoms with Crippen LogP contribution in [-0.2, 0) is 23.4 Å². The van der Waals surface area contributed by atoms with Gasteiger partial charge in [0.25, 0.3) is 5.56 Å². The van der Waals surface area contributed by atoms with Crippen molar-refractivity contribution in [3.63, 3.8) is 0 Å². The van der Waals surface area contributed by atoms with E-state index in [4.69, 9.17) is 18.5 Å². The molecule has 1 aliphatic heterocycles. The SMILES string of the molecule is C[C@H](NP(=O)(OC[C@H]1O[C@@H](n2ccc(=O)[nH]c2=O)[C@@](C)(F)[C@@H]1O)Oc1ccccc1)C(=O)OC1CCCCC1. The Balaban J connectivity index is 1.48. The van der Waals surface area contributed by atoms with Gasteiger partial charge in [-0.05, 0) is 51.7 Å². The second kappa shape index (κ2) is 12.1. The number of aromatic amines is 1. The van der Waals surface area contributed by atoms with Crippen molar-refractivity contribution < 1.29 is 37.4 Å². The molecule has 1 aromatic carbocycles. The molecule has 12 nitrogen and oxygen atoms in total. The summed E-state index contributed by atoms with van der Waals surface area (Å²) in [6.45, 7) is 1.85. The number of carbonyl (C=O) groups is 1. The van der Waals surface area contributed by atoms with E-state index in [0.717, 1.165) is 55.9 Å². The first kappa shape index (κ1) is 29.2. The van der Waals surface area contributed by atoms with Crippen molar-refractivity contribution in [2.45, 2.75) is 82.2 Å². The van der Waals surface area contributed by atoms with Gasteiger partial charge in [0.05, 0.1) is 6.61 Å². The maximum atomic E-state index is 15.5. The predicted octanol–water partition coefficient (Wildman–Crippen LogP) is 2.58. The van der Waals surface area contributed by atoms with Gasteiger partial charge in [-0.1, -0.05) is 24.6 Å². The molecule has 1 saturated heterocycles. The Hall–Kier alpha value is -2.83. The molecule has 2 aliphatic rings. The van der Waals surface area contributed by atoms with Crippen LogP contribution in [0.4, 0.5) is 4.39 Å². The highest BCUT2D eigenvalue weighted by Crippen LogP contribution is 2.47. The van der Waals surface area contributed by atoms with E-state index in [-0.39, 0.29) is 11.9 Å². The van der Waals surface area contributed by atoms with E-state index < -0.39 is 61.7 Å². The number of aromatic nitrogens is 2. The van der Waals surface area contributed by atoms with Crippen LogP contribution in [0.25, 0.3) is 0 Å². The lowest BCUT2D eigenvalue weighted by Crippen LogP contribution is -2.44. The summed E-state index contributed by atoms with van der Waals surface area (Å²) >= 11 is 0. The van der Waals surface area contributed by atoms with Gasteiger partial charge in [-0.3, -0.25) is 23.7 Å². The molecule has 0 amide bonds. The number of carbonyl (C=O) groups excluding carboxylic acids is 1. The third-order valence-corrected chi connectivity index (χ3v) is 8.38. The van der Waals surface area contributed by atoms with Crippen molar-refractivity contribution in [2.24, 2.45) is 0 Å². The van der Waals surface area contributed by atoms with E-state index in [2.05, 4.69) is 5.09 Å². The van der Waals surface area contributed by atoms with Gasteiger partial charge in [-0.15, -0.1) is 0 Å². The average molecular weight is 570 g/mol. The molecule has 2 aromatic rings. The summed E-state index contributed by atoms with van der Waals surface area (Å²) < 4.78 is 52.4. The molecule has 3 N–H and O–H groups in total. The number of para-hydroxylation sites is 1. The number of hydrogen-bond acceptors (Lipinski definition) is 9. The van der Waals surface area contributed by atoms with Gasteiger partial charge in [-0.2, -0.15) is 5.09 Å². The second-order valence-electron chi connectivity index (χ2n) is 9.89. The van der Waals surface area contributed by atoms with Crippen molar-refractivity contribution in [1.82, 2.24) is 14.6 Å². The third-order valence-electron chi connectivity index (χ3n) is 6.74. The monoisotopic (exact) mass is 569 g/mol. The van der Waals surface area contributed by atoms with Crippen LogP contribution >= 0.6 is 7.75 Å². The molecule has 0 radical (unpaired) electrons. The predicted molar refractivity (Wildman–Crippen MR) is 137 cm³/mol. The minimum atomic E-state index is -4.31. The Morgan fingerprint density at radius 1 is 1.26 bits per heavy atom. The fourth-order valence-electron chi connectivity index (χ4n) is 4.58. The number of esters is 1. The van der Waals surface area contributed by atoms with Crippen molar-refractivity contribution in [3.8, 4) is 5.75 Å². The van der Waals surface area contributed by atoms with Gasteiger partial charge in [0, 0.05) is 12.3 Å². The zero-order valence-electron chi connectivity index (χ0n) is 21.7. The molecule has 1 unspecified atom stereocenters. The van der Waals surface area contributed by atoms with Gasteiger partial charge in [0.15, 0.2) is 11.9 Å². The van der Waals surface area contributed by atoms with Crippen LogP contribution in [0, 0.1) is 0 Å². The molecule has 6 atom stereocenters. The molecule has 1 aromatic heterocycles.